The van der Waals surface area contributed by atoms with Gasteiger partial charge in [-0.25, -0.2) is 0 Å². The van der Waals surface area contributed by atoms with E-state index >= 15 is 0 Å². The predicted molar refractivity (Wildman–Crippen MR) is 143 cm³/mol. The van der Waals surface area contributed by atoms with Crippen LogP contribution in [0.1, 0.15) is 20.8 Å². The first-order valence-electron chi connectivity index (χ1n) is 11.7. The summed E-state index contributed by atoms with van der Waals surface area (Å²) < 4.78 is 12.9. The van der Waals surface area contributed by atoms with E-state index in [9.17, 15) is 4.79 Å². The molecule has 34 heavy (non-hydrogen) atoms. The maximum absolute atomic E-state index is 12.9. The quantitative estimate of drug-likeness (QED) is 0.240. The van der Waals surface area contributed by atoms with E-state index in [4.69, 9.17) is 9.16 Å². The van der Waals surface area contributed by atoms with Crippen LogP contribution in [0.3, 0.4) is 0 Å². The predicted octanol–water partition coefficient (Wildman–Crippen LogP) is 5.45. The summed E-state index contributed by atoms with van der Waals surface area (Å²) >= 11 is 1.54. The van der Waals surface area contributed by atoms with Gasteiger partial charge in [-0.05, 0) is 27.5 Å². The van der Waals surface area contributed by atoms with Crippen LogP contribution in [0.4, 0.5) is 0 Å². The number of cyclic esters (lactones) is 1. The Hall–Kier alpha value is -2.60. The van der Waals surface area contributed by atoms with Crippen molar-refractivity contribution in [2.24, 2.45) is 5.92 Å². The number of thioether (sulfide) groups is 1. The van der Waals surface area contributed by atoms with Crippen molar-refractivity contribution in [2.75, 3.05) is 6.61 Å². The van der Waals surface area contributed by atoms with Crippen LogP contribution >= 0.6 is 11.8 Å². The Balaban J connectivity index is 1.65. The average molecular weight is 489 g/mol. The molecule has 1 saturated heterocycles. The van der Waals surface area contributed by atoms with Crippen molar-refractivity contribution in [1.82, 2.24) is 0 Å². The number of hydrogen-bond donors (Lipinski definition) is 0. The van der Waals surface area contributed by atoms with Gasteiger partial charge in [-0.2, -0.15) is 0 Å². The summed E-state index contributed by atoms with van der Waals surface area (Å²) in [6, 6.07) is 31.0. The van der Waals surface area contributed by atoms with Crippen molar-refractivity contribution in [2.45, 2.75) is 42.1 Å². The SMILES string of the molecule is C=C[C@H]1[C@H](Sc2ccccc2)C(=O)O[C@@H]1CO[Si](c1ccccc1)(c1ccccc1)C(C)(C)C. The number of ether oxygens (including phenoxy) is 1. The highest BCUT2D eigenvalue weighted by molar-refractivity contribution is 8.00. The maximum atomic E-state index is 12.9. The lowest BCUT2D eigenvalue weighted by molar-refractivity contribution is -0.142. The fraction of sp³-hybridized carbons (Fsp3) is 0.276. The third-order valence-electron chi connectivity index (χ3n) is 6.44. The summed E-state index contributed by atoms with van der Waals surface area (Å²) in [5.41, 5.74) is 0. The molecule has 0 amide bonds. The van der Waals surface area contributed by atoms with Crippen LogP contribution in [0.5, 0.6) is 0 Å². The Morgan fingerprint density at radius 2 is 1.41 bits per heavy atom. The molecule has 3 aromatic rings. The molecule has 1 aliphatic heterocycles. The number of carbonyl (C=O) groups is 1. The van der Waals surface area contributed by atoms with Crippen molar-refractivity contribution in [3.05, 3.63) is 104 Å². The van der Waals surface area contributed by atoms with E-state index in [-0.39, 0.29) is 28.3 Å². The zero-order chi connectivity index (χ0) is 24.2. The first-order valence-corrected chi connectivity index (χ1v) is 14.5. The van der Waals surface area contributed by atoms with Crippen LogP contribution in [0.2, 0.25) is 5.04 Å². The molecule has 176 valence electrons. The number of rotatable bonds is 8. The third-order valence-corrected chi connectivity index (χ3v) is 12.7. The van der Waals surface area contributed by atoms with Gasteiger partial charge in [0.25, 0.3) is 8.32 Å². The largest absolute Gasteiger partial charge is 0.458 e. The molecule has 0 unspecified atom stereocenters. The fourth-order valence-electron chi connectivity index (χ4n) is 4.81. The maximum Gasteiger partial charge on any atom is 0.320 e. The zero-order valence-electron chi connectivity index (χ0n) is 20.0. The summed E-state index contributed by atoms with van der Waals surface area (Å²) in [6.45, 7) is 11.1. The first-order chi connectivity index (χ1) is 16.4. The molecule has 0 radical (unpaired) electrons. The van der Waals surface area contributed by atoms with E-state index in [0.717, 1.165) is 4.90 Å². The average Bonchev–Trinajstić information content (AvgIpc) is 3.14. The highest BCUT2D eigenvalue weighted by atomic mass is 32.2. The molecule has 0 spiro atoms. The molecule has 3 aromatic carbocycles. The summed E-state index contributed by atoms with van der Waals surface area (Å²) in [7, 11) is -2.71. The molecule has 5 heteroatoms. The van der Waals surface area contributed by atoms with Gasteiger partial charge < -0.3 is 9.16 Å². The zero-order valence-corrected chi connectivity index (χ0v) is 21.8. The Labute approximate surface area is 208 Å². The third kappa shape index (κ3) is 4.78. The van der Waals surface area contributed by atoms with Gasteiger partial charge in [0.1, 0.15) is 11.4 Å². The number of hydrogen-bond acceptors (Lipinski definition) is 4. The lowest BCUT2D eigenvalue weighted by Crippen LogP contribution is -2.67. The van der Waals surface area contributed by atoms with Gasteiger partial charge in [0.05, 0.1) is 6.61 Å². The topological polar surface area (TPSA) is 35.5 Å². The molecule has 0 aromatic heterocycles. The molecule has 3 nitrogen and oxygen atoms in total. The van der Waals surface area contributed by atoms with Crippen molar-refractivity contribution in [3.8, 4) is 0 Å². The number of esters is 1. The van der Waals surface area contributed by atoms with E-state index in [1.54, 1.807) is 0 Å². The number of carbonyl (C=O) groups excluding carboxylic acids is 1. The van der Waals surface area contributed by atoms with Crippen LogP contribution in [-0.2, 0) is 14.0 Å². The standard InChI is InChI=1S/C29H32O3SSi/c1-5-25-26(32-28(30)27(25)33-22-15-9-6-10-16-22)21-31-34(29(2,3)4,23-17-11-7-12-18-23)24-19-13-8-14-20-24/h5-20,25-27H,1,21H2,2-4H3/t25-,26-,27+/m1/s1. The number of benzene rings is 3. The second-order valence-electron chi connectivity index (χ2n) is 9.61. The minimum absolute atomic E-state index is 0.129. The van der Waals surface area contributed by atoms with Crippen LogP contribution in [-0.4, -0.2) is 32.2 Å². The summed E-state index contributed by atoms with van der Waals surface area (Å²) in [5.74, 6) is -0.328. The van der Waals surface area contributed by atoms with Crippen molar-refractivity contribution in [1.29, 1.82) is 0 Å². The highest BCUT2D eigenvalue weighted by Gasteiger charge is 2.52. The molecular weight excluding hydrogens is 456 g/mol. The van der Waals surface area contributed by atoms with Crippen molar-refractivity contribution < 1.29 is 14.0 Å². The van der Waals surface area contributed by atoms with Gasteiger partial charge in [-0.1, -0.05) is 106 Å². The second kappa shape index (κ2) is 10.3. The highest BCUT2D eigenvalue weighted by Crippen LogP contribution is 2.40. The van der Waals surface area contributed by atoms with Crippen molar-refractivity contribution in [3.63, 3.8) is 0 Å². The van der Waals surface area contributed by atoms with E-state index in [1.807, 2.05) is 48.5 Å². The minimum atomic E-state index is -2.71. The Kier molecular flexibility index (Phi) is 7.46. The smallest absolute Gasteiger partial charge is 0.320 e. The van der Waals surface area contributed by atoms with E-state index in [2.05, 4.69) is 75.9 Å². The van der Waals surface area contributed by atoms with Gasteiger partial charge in [0, 0.05) is 10.8 Å². The van der Waals surface area contributed by atoms with Crippen LogP contribution in [0.15, 0.2) is 109 Å². The van der Waals surface area contributed by atoms with Gasteiger partial charge in [0.2, 0.25) is 0 Å². The Morgan fingerprint density at radius 3 is 1.88 bits per heavy atom. The summed E-state index contributed by atoms with van der Waals surface area (Å²) in [4.78, 5) is 13.9. The molecule has 1 fully saturated rings. The van der Waals surface area contributed by atoms with E-state index in [1.165, 1.54) is 22.1 Å². The summed E-state index contributed by atoms with van der Waals surface area (Å²) in [5, 5.41) is 1.96. The normalized spacial score (nSPS) is 20.7. The molecule has 0 N–H and O–H groups in total. The molecule has 0 aliphatic carbocycles. The lowest BCUT2D eigenvalue weighted by atomic mass is 10.0. The van der Waals surface area contributed by atoms with Crippen LogP contribution in [0, 0.1) is 5.92 Å². The summed E-state index contributed by atoms with van der Waals surface area (Å²) in [6.07, 6.45) is 1.48. The monoisotopic (exact) mass is 488 g/mol. The molecule has 3 atom stereocenters. The van der Waals surface area contributed by atoms with Crippen LogP contribution in [0.25, 0.3) is 0 Å². The van der Waals surface area contributed by atoms with Gasteiger partial charge in [-0.15, -0.1) is 18.3 Å². The molecule has 1 heterocycles. The van der Waals surface area contributed by atoms with Gasteiger partial charge in [0.15, 0.2) is 0 Å². The fourth-order valence-corrected chi connectivity index (χ4v) is 10.6. The first kappa shape index (κ1) is 24.5. The molecule has 4 rings (SSSR count). The molecular formula is C29H32O3SSi. The molecule has 0 saturated carbocycles. The van der Waals surface area contributed by atoms with Crippen molar-refractivity contribution >= 4 is 36.4 Å². The van der Waals surface area contributed by atoms with Gasteiger partial charge in [-0.3, -0.25) is 4.79 Å². The Bertz CT molecular complexity index is 1060. The molecule has 0 bridgehead atoms. The second-order valence-corrected chi connectivity index (χ2v) is 15.1. The lowest BCUT2D eigenvalue weighted by Gasteiger charge is -2.43. The van der Waals surface area contributed by atoms with Gasteiger partial charge >= 0.3 is 5.97 Å². The van der Waals surface area contributed by atoms with E-state index < -0.39 is 8.32 Å². The van der Waals surface area contributed by atoms with E-state index in [0.29, 0.717) is 6.61 Å². The Morgan fingerprint density at radius 1 is 0.912 bits per heavy atom. The minimum Gasteiger partial charge on any atom is -0.458 e. The molecule has 1 aliphatic rings. The van der Waals surface area contributed by atoms with Crippen LogP contribution < -0.4 is 10.4 Å².